The number of ether oxygens (including phenoxy) is 2. The molecule has 1 aliphatic carbocycles. The van der Waals surface area contributed by atoms with Crippen LogP contribution >= 0.6 is 0 Å². The molecular formula is C18H31NO4. The third-order valence-electron chi connectivity index (χ3n) is 4.55. The molecule has 0 aromatic rings. The molecule has 0 aromatic heterocycles. The van der Waals surface area contributed by atoms with Crippen molar-refractivity contribution >= 4 is 12.1 Å². The molecule has 5 heteroatoms. The molecule has 23 heavy (non-hydrogen) atoms. The van der Waals surface area contributed by atoms with Crippen molar-refractivity contribution in [2.45, 2.75) is 72.4 Å². The first-order valence-electron chi connectivity index (χ1n) is 8.35. The summed E-state index contributed by atoms with van der Waals surface area (Å²) in [4.78, 5) is 23.1. The molecule has 3 unspecified atom stereocenters. The summed E-state index contributed by atoms with van der Waals surface area (Å²) in [6.07, 6.45) is 4.30. The summed E-state index contributed by atoms with van der Waals surface area (Å²) < 4.78 is 10.1. The largest absolute Gasteiger partial charge is 0.459 e. The van der Waals surface area contributed by atoms with Crippen LogP contribution in [0.2, 0.25) is 0 Å². The van der Waals surface area contributed by atoms with Gasteiger partial charge in [0.05, 0.1) is 0 Å². The maximum Gasteiger partial charge on any atom is 0.407 e. The van der Waals surface area contributed by atoms with Crippen LogP contribution in [0, 0.1) is 10.8 Å². The first-order chi connectivity index (χ1) is 10.6. The normalized spacial score (nSPS) is 27.6. The Morgan fingerprint density at radius 1 is 1.35 bits per heavy atom. The minimum atomic E-state index is -0.520. The van der Waals surface area contributed by atoms with E-state index in [2.05, 4.69) is 39.6 Å². The third-order valence-corrected chi connectivity index (χ3v) is 4.55. The van der Waals surface area contributed by atoms with Crippen LogP contribution in [0.5, 0.6) is 0 Å². The van der Waals surface area contributed by atoms with E-state index >= 15 is 0 Å². The highest BCUT2D eigenvalue weighted by Crippen LogP contribution is 2.47. The van der Waals surface area contributed by atoms with Gasteiger partial charge in [0.2, 0.25) is 0 Å². The van der Waals surface area contributed by atoms with E-state index in [9.17, 15) is 9.59 Å². The van der Waals surface area contributed by atoms with Crippen molar-refractivity contribution in [3.05, 3.63) is 12.7 Å². The lowest BCUT2D eigenvalue weighted by atomic mass is 9.62. The van der Waals surface area contributed by atoms with Crippen molar-refractivity contribution in [2.75, 3.05) is 6.61 Å². The van der Waals surface area contributed by atoms with Gasteiger partial charge >= 0.3 is 12.1 Å². The lowest BCUT2D eigenvalue weighted by Crippen LogP contribution is -2.47. The van der Waals surface area contributed by atoms with Gasteiger partial charge < -0.3 is 14.8 Å². The predicted molar refractivity (Wildman–Crippen MR) is 90.1 cm³/mol. The highest BCUT2D eigenvalue weighted by atomic mass is 16.6. The zero-order valence-corrected chi connectivity index (χ0v) is 15.1. The molecule has 1 N–H and O–H groups in total. The van der Waals surface area contributed by atoms with Crippen LogP contribution in [-0.4, -0.2) is 30.8 Å². The maximum absolute atomic E-state index is 12.1. The average Bonchev–Trinajstić information content (AvgIpc) is 2.42. The van der Waals surface area contributed by atoms with Crippen molar-refractivity contribution in [3.63, 3.8) is 0 Å². The Bertz CT molecular complexity index is 446. The third kappa shape index (κ3) is 6.63. The van der Waals surface area contributed by atoms with E-state index in [1.54, 1.807) is 6.92 Å². The number of alkyl carbamates (subject to hydrolysis) is 1. The van der Waals surface area contributed by atoms with Gasteiger partial charge in [-0.3, -0.25) is 0 Å². The fourth-order valence-corrected chi connectivity index (χ4v) is 3.68. The summed E-state index contributed by atoms with van der Waals surface area (Å²) in [5.41, 5.74) is 0.441. The van der Waals surface area contributed by atoms with Crippen LogP contribution in [0.15, 0.2) is 12.7 Å². The van der Waals surface area contributed by atoms with E-state index in [0.717, 1.165) is 31.8 Å². The monoisotopic (exact) mass is 325 g/mol. The standard InChI is InChI=1S/C18H31NO4/c1-7-15(20)22-11-13(3)23-16(21)19-14-9-17(4,5)12-18(6,8-2)10-14/h7,13-14H,1,8-12H2,2-6H3,(H,19,21). The van der Waals surface area contributed by atoms with E-state index in [1.807, 2.05) is 0 Å². The minimum absolute atomic E-state index is 0.0289. The van der Waals surface area contributed by atoms with E-state index in [4.69, 9.17) is 9.47 Å². The van der Waals surface area contributed by atoms with E-state index < -0.39 is 18.2 Å². The Morgan fingerprint density at radius 2 is 2.00 bits per heavy atom. The Labute approximate surface area is 139 Å². The SMILES string of the molecule is C=CC(=O)OCC(C)OC(=O)NC1CC(C)(C)CC(C)(CC)C1. The highest BCUT2D eigenvalue weighted by molar-refractivity contribution is 5.81. The van der Waals surface area contributed by atoms with Crippen molar-refractivity contribution in [2.24, 2.45) is 10.8 Å². The van der Waals surface area contributed by atoms with Gasteiger partial charge in [-0.25, -0.2) is 9.59 Å². The van der Waals surface area contributed by atoms with Crippen LogP contribution in [-0.2, 0) is 14.3 Å². The smallest absolute Gasteiger partial charge is 0.407 e. The van der Waals surface area contributed by atoms with Crippen LogP contribution < -0.4 is 5.32 Å². The van der Waals surface area contributed by atoms with Crippen molar-refractivity contribution in [1.82, 2.24) is 5.32 Å². The summed E-state index contributed by atoms with van der Waals surface area (Å²) in [5, 5.41) is 2.97. The van der Waals surface area contributed by atoms with E-state index in [0.29, 0.717) is 0 Å². The summed E-state index contributed by atoms with van der Waals surface area (Å²) in [6.45, 7) is 14.0. The molecule has 0 spiro atoms. The number of carbonyl (C=O) groups is 2. The highest BCUT2D eigenvalue weighted by Gasteiger charge is 2.40. The number of nitrogens with one attached hydrogen (secondary N) is 1. The molecule has 1 rings (SSSR count). The molecule has 1 amide bonds. The second kappa shape index (κ2) is 7.84. The van der Waals surface area contributed by atoms with Gasteiger partial charge in [-0.2, -0.15) is 0 Å². The Balaban J connectivity index is 2.49. The predicted octanol–water partition coefficient (Wildman–Crippen LogP) is 3.83. The molecular weight excluding hydrogens is 294 g/mol. The van der Waals surface area contributed by atoms with E-state index in [-0.39, 0.29) is 23.5 Å². The summed E-state index contributed by atoms with van der Waals surface area (Å²) in [6, 6.07) is 0.110. The lowest BCUT2D eigenvalue weighted by Gasteiger charge is -2.46. The van der Waals surface area contributed by atoms with Gasteiger partial charge in [0.15, 0.2) is 0 Å². The van der Waals surface area contributed by atoms with Crippen molar-refractivity contribution in [1.29, 1.82) is 0 Å². The quantitative estimate of drug-likeness (QED) is 0.595. The van der Waals surface area contributed by atoms with Gasteiger partial charge in [0.25, 0.3) is 0 Å². The lowest BCUT2D eigenvalue weighted by molar-refractivity contribution is -0.140. The number of hydrogen-bond acceptors (Lipinski definition) is 4. The summed E-state index contributed by atoms with van der Waals surface area (Å²) >= 11 is 0. The van der Waals surface area contributed by atoms with Crippen LogP contribution in [0.4, 0.5) is 4.79 Å². The zero-order valence-electron chi connectivity index (χ0n) is 15.1. The van der Waals surface area contributed by atoms with Crippen LogP contribution in [0.25, 0.3) is 0 Å². The number of hydrogen-bond donors (Lipinski definition) is 1. The first-order valence-corrected chi connectivity index (χ1v) is 8.35. The molecule has 0 heterocycles. The molecule has 3 atom stereocenters. The van der Waals surface area contributed by atoms with Gasteiger partial charge in [-0.05, 0) is 37.0 Å². The molecule has 1 aliphatic rings. The van der Waals surface area contributed by atoms with Crippen LogP contribution in [0.3, 0.4) is 0 Å². The van der Waals surface area contributed by atoms with Gasteiger partial charge in [0.1, 0.15) is 12.7 Å². The molecule has 132 valence electrons. The minimum Gasteiger partial charge on any atom is -0.459 e. The Hall–Kier alpha value is -1.52. The van der Waals surface area contributed by atoms with Crippen molar-refractivity contribution < 1.29 is 19.1 Å². The molecule has 0 radical (unpaired) electrons. The first kappa shape index (κ1) is 19.5. The molecule has 1 saturated carbocycles. The molecule has 0 bridgehead atoms. The number of amides is 1. The van der Waals surface area contributed by atoms with Crippen LogP contribution in [0.1, 0.15) is 60.3 Å². The molecule has 0 saturated heterocycles. The number of esters is 1. The van der Waals surface area contributed by atoms with Gasteiger partial charge in [-0.1, -0.05) is 40.7 Å². The average molecular weight is 325 g/mol. The fourth-order valence-electron chi connectivity index (χ4n) is 3.68. The number of carbonyl (C=O) groups excluding carboxylic acids is 2. The second-order valence-corrected chi connectivity index (χ2v) is 7.80. The summed E-state index contributed by atoms with van der Waals surface area (Å²) in [7, 11) is 0. The van der Waals surface area contributed by atoms with Crippen molar-refractivity contribution in [3.8, 4) is 0 Å². The Morgan fingerprint density at radius 3 is 2.57 bits per heavy atom. The summed E-state index contributed by atoms with van der Waals surface area (Å²) in [5.74, 6) is -0.520. The molecule has 1 fully saturated rings. The topological polar surface area (TPSA) is 64.6 Å². The van der Waals surface area contributed by atoms with Gasteiger partial charge in [0, 0.05) is 12.1 Å². The van der Waals surface area contributed by atoms with E-state index in [1.165, 1.54) is 0 Å². The molecule has 0 aromatic carbocycles. The second-order valence-electron chi connectivity index (χ2n) is 7.80. The maximum atomic E-state index is 12.1. The zero-order chi connectivity index (χ0) is 17.7. The fraction of sp³-hybridized carbons (Fsp3) is 0.778. The molecule has 5 nitrogen and oxygen atoms in total. The Kier molecular flexibility index (Phi) is 6.66. The number of rotatable bonds is 6. The van der Waals surface area contributed by atoms with Gasteiger partial charge in [-0.15, -0.1) is 0 Å². The molecule has 0 aliphatic heterocycles.